The molecular weight excluding hydrogens is 579 g/mol. The molecule has 0 aliphatic rings. The Balaban J connectivity index is 1.46. The third kappa shape index (κ3) is 7.10. The number of ether oxygens (including phenoxy) is 1. The van der Waals surface area contributed by atoms with Gasteiger partial charge in [-0.15, -0.1) is 0 Å². The third-order valence-electron chi connectivity index (χ3n) is 6.16. The zero-order chi connectivity index (χ0) is 29.8. The number of rotatable bonds is 10. The molecule has 0 unspecified atom stereocenters. The average molecular weight is 606 g/mol. The summed E-state index contributed by atoms with van der Waals surface area (Å²) < 4.78 is 68.2. The molecule has 0 fully saturated rings. The first kappa shape index (κ1) is 30.2. The van der Waals surface area contributed by atoms with Gasteiger partial charge in [-0.3, -0.25) is 9.78 Å². The highest BCUT2D eigenvalue weighted by atomic mass is 32.2. The molecule has 1 amide bonds. The number of nitrogens with one attached hydrogen (secondary N) is 1. The summed E-state index contributed by atoms with van der Waals surface area (Å²) in [5, 5.41) is 12.8. The fraction of sp³-hybridized carbons (Fsp3) is 0.250. The van der Waals surface area contributed by atoms with E-state index in [4.69, 9.17) is 4.74 Å². The number of amides is 1. The highest BCUT2D eigenvalue weighted by Crippen LogP contribution is 2.36. The van der Waals surface area contributed by atoms with E-state index >= 15 is 0 Å². The Labute approximate surface area is 238 Å². The van der Waals surface area contributed by atoms with Crippen molar-refractivity contribution < 1.29 is 36.2 Å². The minimum atomic E-state index is -4.44. The monoisotopic (exact) mass is 605 g/mol. The van der Waals surface area contributed by atoms with Crippen LogP contribution in [0.25, 0.3) is 11.4 Å². The largest absolute Gasteiger partial charge is 0.431 e. The maximum Gasteiger partial charge on any atom is 0.416 e. The first-order chi connectivity index (χ1) is 19.4. The zero-order valence-electron chi connectivity index (χ0n) is 22.0. The van der Waals surface area contributed by atoms with Gasteiger partial charge in [0.25, 0.3) is 11.1 Å². The average Bonchev–Trinajstić information content (AvgIpc) is 3.38. The lowest BCUT2D eigenvalue weighted by molar-refractivity contribution is -0.137. The van der Waals surface area contributed by atoms with Crippen molar-refractivity contribution >= 4 is 27.1 Å². The molecule has 4 aromatic rings. The molecule has 1 atom stereocenters. The number of nitrogens with zero attached hydrogens (tertiary/aromatic N) is 2. The lowest BCUT2D eigenvalue weighted by Crippen LogP contribution is -2.30. The summed E-state index contributed by atoms with van der Waals surface area (Å²) in [5.74, 6) is -0.321. The fourth-order valence-corrected chi connectivity index (χ4v) is 5.61. The quantitative estimate of drug-likeness (QED) is 0.233. The molecule has 0 spiro atoms. The molecule has 216 valence electrons. The zero-order valence-corrected chi connectivity index (χ0v) is 23.6. The van der Waals surface area contributed by atoms with Crippen molar-refractivity contribution in [1.29, 1.82) is 0 Å². The van der Waals surface area contributed by atoms with E-state index in [0.29, 0.717) is 23.4 Å². The van der Waals surface area contributed by atoms with Crippen LogP contribution >= 0.6 is 11.3 Å². The minimum Gasteiger partial charge on any atom is -0.431 e. The number of halogens is 3. The van der Waals surface area contributed by atoms with E-state index in [0.717, 1.165) is 17.0 Å². The number of aryl methyl sites for hydroxylation is 1. The lowest BCUT2D eigenvalue weighted by atomic mass is 10.1. The van der Waals surface area contributed by atoms with Gasteiger partial charge in [-0.25, -0.2) is 13.4 Å². The molecule has 0 radical (unpaired) electrons. The molecule has 0 aliphatic heterocycles. The summed E-state index contributed by atoms with van der Waals surface area (Å²) in [5.41, 5.74) is 0.992. The minimum absolute atomic E-state index is 0.0380. The number of pyridine rings is 1. The van der Waals surface area contributed by atoms with E-state index in [1.165, 1.54) is 41.8 Å². The van der Waals surface area contributed by atoms with E-state index in [-0.39, 0.29) is 27.2 Å². The predicted octanol–water partition coefficient (Wildman–Crippen LogP) is 5.84. The number of aromatic nitrogens is 2. The molecule has 41 heavy (non-hydrogen) atoms. The molecule has 8 nitrogen and oxygen atoms in total. The first-order valence-electron chi connectivity index (χ1n) is 12.5. The molecule has 0 saturated heterocycles. The van der Waals surface area contributed by atoms with Gasteiger partial charge in [0.15, 0.2) is 9.84 Å². The molecule has 0 bridgehead atoms. The van der Waals surface area contributed by atoms with Gasteiger partial charge in [0.1, 0.15) is 11.4 Å². The van der Waals surface area contributed by atoms with Crippen molar-refractivity contribution in [3.05, 3.63) is 88.4 Å². The van der Waals surface area contributed by atoms with Gasteiger partial charge in [-0.05, 0) is 60.5 Å². The van der Waals surface area contributed by atoms with Gasteiger partial charge in [0.2, 0.25) is 0 Å². The van der Waals surface area contributed by atoms with Crippen LogP contribution in [0.3, 0.4) is 0 Å². The molecule has 4 rings (SSSR count). The van der Waals surface area contributed by atoms with Crippen molar-refractivity contribution in [2.75, 3.05) is 12.4 Å². The van der Waals surface area contributed by atoms with Crippen LogP contribution in [0.4, 0.5) is 13.2 Å². The highest BCUT2D eigenvalue weighted by molar-refractivity contribution is 7.91. The van der Waals surface area contributed by atoms with Crippen LogP contribution in [-0.2, 0) is 22.4 Å². The fourth-order valence-electron chi connectivity index (χ4n) is 3.84. The number of alkyl halides is 3. The first-order valence-corrected chi connectivity index (χ1v) is 15.0. The third-order valence-corrected chi connectivity index (χ3v) is 8.99. The van der Waals surface area contributed by atoms with Crippen molar-refractivity contribution in [2.24, 2.45) is 0 Å². The number of sulfone groups is 1. The van der Waals surface area contributed by atoms with Gasteiger partial charge in [0.05, 0.1) is 40.1 Å². The number of aliphatic hydroxyl groups is 1. The molecule has 0 saturated carbocycles. The van der Waals surface area contributed by atoms with E-state index in [2.05, 4.69) is 15.3 Å². The van der Waals surface area contributed by atoms with E-state index in [1.54, 1.807) is 31.2 Å². The number of thiazole rings is 1. The number of hydrogen-bond acceptors (Lipinski definition) is 8. The Morgan fingerprint density at radius 3 is 2.27 bits per heavy atom. The second kappa shape index (κ2) is 12.4. The van der Waals surface area contributed by atoms with Gasteiger partial charge in [0, 0.05) is 11.1 Å². The van der Waals surface area contributed by atoms with Gasteiger partial charge >= 0.3 is 6.18 Å². The molecule has 2 aromatic heterocycles. The van der Waals surface area contributed by atoms with Gasteiger partial charge < -0.3 is 15.2 Å². The Morgan fingerprint density at radius 1 is 1.05 bits per heavy atom. The van der Waals surface area contributed by atoms with Crippen molar-refractivity contribution in [1.82, 2.24) is 15.3 Å². The molecule has 2 N–H and O–H groups in total. The van der Waals surface area contributed by atoms with Crippen LogP contribution in [0.5, 0.6) is 10.9 Å². The topological polar surface area (TPSA) is 118 Å². The standard InChI is InChI=1S/C28H26F3N3O5S2/c1-3-24-25(34-27(40-24)39-20-10-8-19(9-11-20)28(29,30)31)22-14-7-18(15-32-22)26(36)33-23(16-35)17-5-12-21(13-6-17)41(37,38)4-2/h5-15,23,35H,3-4,16H2,1-2H3,(H,33,36)/t23-/m0/s1. The van der Waals surface area contributed by atoms with E-state index < -0.39 is 40.1 Å². The predicted molar refractivity (Wildman–Crippen MR) is 148 cm³/mol. The summed E-state index contributed by atoms with van der Waals surface area (Å²) in [4.78, 5) is 22.7. The van der Waals surface area contributed by atoms with Crippen molar-refractivity contribution in [2.45, 2.75) is 37.4 Å². The summed E-state index contributed by atoms with van der Waals surface area (Å²) >= 11 is 1.24. The summed E-state index contributed by atoms with van der Waals surface area (Å²) in [6.45, 7) is 3.06. The Bertz CT molecular complexity index is 1600. The number of carbonyl (C=O) groups is 1. The van der Waals surface area contributed by atoms with Crippen LogP contribution in [0.2, 0.25) is 0 Å². The van der Waals surface area contributed by atoms with Crippen LogP contribution in [-0.4, -0.2) is 41.8 Å². The maximum atomic E-state index is 12.9. The van der Waals surface area contributed by atoms with E-state index in [9.17, 15) is 31.5 Å². The molecule has 0 aliphatic carbocycles. The Hall–Kier alpha value is -3.81. The summed E-state index contributed by atoms with van der Waals surface area (Å²) in [6.07, 6.45) is -2.48. The number of aliphatic hydroxyl groups excluding tert-OH is 1. The molecular formula is C28H26F3N3O5S2. The van der Waals surface area contributed by atoms with Crippen LogP contribution in [0.1, 0.15) is 46.3 Å². The smallest absolute Gasteiger partial charge is 0.416 e. The number of carbonyl (C=O) groups excluding carboxylic acids is 1. The Kier molecular flexibility index (Phi) is 9.10. The number of hydrogen-bond donors (Lipinski definition) is 2. The van der Waals surface area contributed by atoms with E-state index in [1.807, 2.05) is 6.92 Å². The molecule has 13 heteroatoms. The van der Waals surface area contributed by atoms with Crippen LogP contribution in [0, 0.1) is 0 Å². The van der Waals surface area contributed by atoms with Crippen LogP contribution < -0.4 is 10.1 Å². The van der Waals surface area contributed by atoms with Gasteiger partial charge in [-0.2, -0.15) is 13.2 Å². The highest BCUT2D eigenvalue weighted by Gasteiger charge is 2.30. The lowest BCUT2D eigenvalue weighted by Gasteiger charge is -2.17. The number of benzene rings is 2. The molecule has 2 aromatic carbocycles. The van der Waals surface area contributed by atoms with Crippen molar-refractivity contribution in [3.63, 3.8) is 0 Å². The Morgan fingerprint density at radius 2 is 1.73 bits per heavy atom. The molecule has 2 heterocycles. The second-order valence-electron chi connectivity index (χ2n) is 8.84. The summed E-state index contributed by atoms with van der Waals surface area (Å²) in [6, 6.07) is 12.7. The van der Waals surface area contributed by atoms with Crippen molar-refractivity contribution in [3.8, 4) is 22.3 Å². The summed E-state index contributed by atoms with van der Waals surface area (Å²) in [7, 11) is -3.37. The second-order valence-corrected chi connectivity index (χ2v) is 12.2. The van der Waals surface area contributed by atoms with Crippen LogP contribution in [0.15, 0.2) is 71.8 Å². The normalized spacial score (nSPS) is 12.6. The van der Waals surface area contributed by atoms with Gasteiger partial charge in [-0.1, -0.05) is 37.3 Å². The SMILES string of the molecule is CCc1sc(Oc2ccc(C(F)(F)F)cc2)nc1-c1ccc(C(=O)N[C@@H](CO)c2ccc(S(=O)(=O)CC)cc2)cn1. The maximum absolute atomic E-state index is 12.9.